The Labute approximate surface area is 129 Å². The number of hydrogen-bond donors (Lipinski definition) is 1. The average molecular weight is 297 g/mol. The second-order valence-electron chi connectivity index (χ2n) is 5.44. The van der Waals surface area contributed by atoms with Crippen LogP contribution in [0.25, 0.3) is 5.70 Å². The van der Waals surface area contributed by atoms with Gasteiger partial charge in [-0.25, -0.2) is 9.98 Å². The van der Waals surface area contributed by atoms with E-state index in [1.54, 1.807) is 12.4 Å². The lowest BCUT2D eigenvalue weighted by molar-refractivity contribution is 0.371. The second-order valence-corrected chi connectivity index (χ2v) is 5.44. The van der Waals surface area contributed by atoms with Crippen molar-refractivity contribution in [2.75, 3.05) is 6.54 Å². The predicted octanol–water partition coefficient (Wildman–Crippen LogP) is 2.25. The summed E-state index contributed by atoms with van der Waals surface area (Å²) in [6.45, 7) is 7.17. The van der Waals surface area contributed by atoms with E-state index in [9.17, 15) is 0 Å². The number of allylic oxidation sites excluding steroid dienone is 1. The number of pyridine rings is 1. The molecule has 0 saturated carbocycles. The van der Waals surface area contributed by atoms with Gasteiger partial charge in [0.1, 0.15) is 17.3 Å². The number of rotatable bonds is 3. The fourth-order valence-electron chi connectivity index (χ4n) is 2.43. The highest BCUT2D eigenvalue weighted by Gasteiger charge is 2.22. The molecule has 2 aromatic heterocycles. The van der Waals surface area contributed by atoms with Crippen molar-refractivity contribution in [2.24, 2.45) is 10.7 Å². The van der Waals surface area contributed by atoms with Crippen LogP contribution in [0.15, 0.2) is 39.6 Å². The second kappa shape index (κ2) is 5.63. The highest BCUT2D eigenvalue weighted by atomic mass is 16.4. The lowest BCUT2D eigenvalue weighted by Gasteiger charge is -2.29. The van der Waals surface area contributed by atoms with Gasteiger partial charge in [-0.05, 0) is 32.4 Å². The van der Waals surface area contributed by atoms with Crippen LogP contribution < -0.4 is 5.73 Å². The minimum atomic E-state index is 0.500. The number of amidine groups is 1. The number of aromatic nitrogens is 2. The van der Waals surface area contributed by atoms with E-state index in [1.165, 1.54) is 0 Å². The summed E-state index contributed by atoms with van der Waals surface area (Å²) in [7, 11) is 0. The van der Waals surface area contributed by atoms with Crippen LogP contribution in [-0.4, -0.2) is 27.2 Å². The Morgan fingerprint density at radius 2 is 2.09 bits per heavy atom. The van der Waals surface area contributed by atoms with E-state index in [-0.39, 0.29) is 0 Å². The van der Waals surface area contributed by atoms with Gasteiger partial charge in [0.25, 0.3) is 0 Å². The maximum atomic E-state index is 6.00. The van der Waals surface area contributed by atoms with Gasteiger partial charge in [0, 0.05) is 11.9 Å². The SMILES string of the molecule is CC1=C(c2ncc(C)o2)N=C(N)CN1Cc1ncccc1C. The molecule has 1 aliphatic rings. The van der Waals surface area contributed by atoms with E-state index in [2.05, 4.69) is 32.9 Å². The molecule has 2 aromatic rings. The van der Waals surface area contributed by atoms with Gasteiger partial charge in [-0.15, -0.1) is 0 Å². The van der Waals surface area contributed by atoms with E-state index in [1.807, 2.05) is 19.9 Å². The molecular weight excluding hydrogens is 278 g/mol. The Kier molecular flexibility index (Phi) is 3.66. The number of nitrogens with zero attached hydrogens (tertiary/aromatic N) is 4. The molecule has 0 amide bonds. The summed E-state index contributed by atoms with van der Waals surface area (Å²) in [5, 5.41) is 0. The monoisotopic (exact) mass is 297 g/mol. The summed E-state index contributed by atoms with van der Waals surface area (Å²) < 4.78 is 5.59. The lowest BCUT2D eigenvalue weighted by atomic mass is 10.1. The molecule has 6 heteroatoms. The Bertz CT molecular complexity index is 759. The molecule has 0 aliphatic carbocycles. The first-order valence-corrected chi connectivity index (χ1v) is 7.16. The molecule has 0 unspecified atom stereocenters. The number of nitrogens with two attached hydrogens (primary N) is 1. The molecule has 1 aliphatic heterocycles. The molecule has 3 heterocycles. The third-order valence-electron chi connectivity index (χ3n) is 3.71. The number of aryl methyl sites for hydroxylation is 2. The van der Waals surface area contributed by atoms with Crippen LogP contribution in [0.4, 0.5) is 0 Å². The van der Waals surface area contributed by atoms with Gasteiger partial charge in [-0.1, -0.05) is 6.07 Å². The van der Waals surface area contributed by atoms with Crippen molar-refractivity contribution in [3.05, 3.63) is 53.1 Å². The largest absolute Gasteiger partial charge is 0.440 e. The summed E-state index contributed by atoms with van der Waals surface area (Å²) in [5.41, 5.74) is 9.86. The summed E-state index contributed by atoms with van der Waals surface area (Å²) in [4.78, 5) is 15.3. The van der Waals surface area contributed by atoms with Gasteiger partial charge in [0.2, 0.25) is 5.89 Å². The van der Waals surface area contributed by atoms with Gasteiger partial charge < -0.3 is 15.1 Å². The van der Waals surface area contributed by atoms with Crippen LogP contribution in [0.3, 0.4) is 0 Å². The van der Waals surface area contributed by atoms with Crippen LogP contribution >= 0.6 is 0 Å². The Balaban J connectivity index is 1.94. The number of oxazole rings is 1. The fourth-order valence-corrected chi connectivity index (χ4v) is 2.43. The van der Waals surface area contributed by atoms with E-state index in [4.69, 9.17) is 10.2 Å². The van der Waals surface area contributed by atoms with Crippen molar-refractivity contribution in [1.29, 1.82) is 0 Å². The van der Waals surface area contributed by atoms with Crippen LogP contribution in [0.2, 0.25) is 0 Å². The highest BCUT2D eigenvalue weighted by Crippen LogP contribution is 2.26. The van der Waals surface area contributed by atoms with Crippen LogP contribution in [-0.2, 0) is 6.54 Å². The van der Waals surface area contributed by atoms with Crippen molar-refractivity contribution >= 4 is 11.5 Å². The normalized spacial score (nSPS) is 15.2. The van der Waals surface area contributed by atoms with Crippen LogP contribution in [0.5, 0.6) is 0 Å². The van der Waals surface area contributed by atoms with E-state index in [0.717, 1.165) is 22.7 Å². The standard InChI is InChI=1S/C16H19N5O/c1-10-5-4-6-18-13(10)8-21-9-14(17)20-15(12(21)3)16-19-7-11(2)22-16/h4-7H,8-9H2,1-3H3,(H2,17,20). The van der Waals surface area contributed by atoms with Gasteiger partial charge >= 0.3 is 0 Å². The maximum absolute atomic E-state index is 6.00. The lowest BCUT2D eigenvalue weighted by Crippen LogP contribution is -2.36. The first-order chi connectivity index (χ1) is 10.5. The topological polar surface area (TPSA) is 80.5 Å². The molecule has 0 atom stereocenters. The van der Waals surface area contributed by atoms with Crippen molar-refractivity contribution in [1.82, 2.24) is 14.9 Å². The molecule has 0 saturated heterocycles. The number of hydrogen-bond acceptors (Lipinski definition) is 6. The maximum Gasteiger partial charge on any atom is 0.247 e. The Hall–Kier alpha value is -2.63. The van der Waals surface area contributed by atoms with E-state index < -0.39 is 0 Å². The molecule has 0 spiro atoms. The quantitative estimate of drug-likeness (QED) is 0.939. The first kappa shape index (κ1) is 14.3. The molecule has 2 N–H and O–H groups in total. The van der Waals surface area contributed by atoms with E-state index in [0.29, 0.717) is 30.5 Å². The molecule has 22 heavy (non-hydrogen) atoms. The average Bonchev–Trinajstić information content (AvgIpc) is 2.91. The van der Waals surface area contributed by atoms with Crippen molar-refractivity contribution in [3.8, 4) is 0 Å². The molecule has 3 rings (SSSR count). The molecule has 0 aromatic carbocycles. The zero-order chi connectivity index (χ0) is 15.7. The fraction of sp³-hybridized carbons (Fsp3) is 0.312. The summed E-state index contributed by atoms with van der Waals surface area (Å²) in [5.74, 6) is 1.80. The minimum absolute atomic E-state index is 0.500. The van der Waals surface area contributed by atoms with E-state index >= 15 is 0 Å². The molecule has 0 fully saturated rings. The molecule has 0 bridgehead atoms. The Morgan fingerprint density at radius 1 is 1.27 bits per heavy atom. The summed E-state index contributed by atoms with van der Waals surface area (Å²) >= 11 is 0. The molecular formula is C16H19N5O. The Morgan fingerprint density at radius 3 is 2.77 bits per heavy atom. The third-order valence-corrected chi connectivity index (χ3v) is 3.71. The van der Waals surface area contributed by atoms with Crippen molar-refractivity contribution in [2.45, 2.75) is 27.3 Å². The summed E-state index contributed by atoms with van der Waals surface area (Å²) in [6.07, 6.45) is 3.49. The molecule has 114 valence electrons. The van der Waals surface area contributed by atoms with Crippen LogP contribution in [0, 0.1) is 13.8 Å². The molecule has 0 radical (unpaired) electrons. The zero-order valence-corrected chi connectivity index (χ0v) is 13.0. The molecule has 6 nitrogen and oxygen atoms in total. The van der Waals surface area contributed by atoms with Crippen molar-refractivity contribution < 1.29 is 4.42 Å². The number of aliphatic imine (C=N–C) groups is 1. The van der Waals surface area contributed by atoms with Gasteiger partial charge in [0.15, 0.2) is 0 Å². The van der Waals surface area contributed by atoms with Gasteiger partial charge in [-0.3, -0.25) is 4.98 Å². The van der Waals surface area contributed by atoms with Gasteiger partial charge in [0.05, 0.1) is 25.0 Å². The van der Waals surface area contributed by atoms with Crippen molar-refractivity contribution in [3.63, 3.8) is 0 Å². The third kappa shape index (κ3) is 2.72. The minimum Gasteiger partial charge on any atom is -0.440 e. The predicted molar refractivity (Wildman–Crippen MR) is 84.8 cm³/mol. The van der Waals surface area contributed by atoms with Crippen LogP contribution in [0.1, 0.15) is 29.8 Å². The first-order valence-electron chi connectivity index (χ1n) is 7.16. The summed E-state index contributed by atoms with van der Waals surface area (Å²) in [6, 6.07) is 4.00. The smallest absolute Gasteiger partial charge is 0.247 e. The highest BCUT2D eigenvalue weighted by molar-refractivity contribution is 5.90. The van der Waals surface area contributed by atoms with Gasteiger partial charge in [-0.2, -0.15) is 0 Å². The zero-order valence-electron chi connectivity index (χ0n) is 13.0.